The molecule has 1 aromatic carbocycles. The largest absolute Gasteiger partial charge is 0.481 e. The highest BCUT2D eigenvalue weighted by atomic mass is 16.4. The number of rotatable bonds is 3. The van der Waals surface area contributed by atoms with Crippen molar-refractivity contribution in [2.45, 2.75) is 25.8 Å². The molecule has 0 bridgehead atoms. The lowest BCUT2D eigenvalue weighted by Crippen LogP contribution is -2.47. The number of hydrogen-bond acceptors (Lipinski definition) is 3. The highest BCUT2D eigenvalue weighted by Crippen LogP contribution is 2.31. The van der Waals surface area contributed by atoms with Gasteiger partial charge in [0.1, 0.15) is 6.04 Å². The average Bonchev–Trinajstić information content (AvgIpc) is 2.47. The maximum atomic E-state index is 12.3. The fourth-order valence-corrected chi connectivity index (χ4v) is 2.43. The Labute approximate surface area is 118 Å². The normalized spacial score (nSPS) is 19.4. The van der Waals surface area contributed by atoms with Crippen LogP contribution in [0.15, 0.2) is 30.3 Å². The van der Waals surface area contributed by atoms with Crippen molar-refractivity contribution in [2.75, 3.05) is 13.1 Å². The molecular formula is C15H20N2O3. The highest BCUT2D eigenvalue weighted by Gasteiger charge is 2.38. The molecule has 0 unspecified atom stereocenters. The van der Waals surface area contributed by atoms with Crippen LogP contribution in [0.4, 0.5) is 0 Å². The first-order valence-electron chi connectivity index (χ1n) is 6.77. The van der Waals surface area contributed by atoms with E-state index in [4.69, 9.17) is 5.73 Å². The standard InChI is InChI=1S/C15H20N2O3/c1-15(14(19)20)7-9-17(10-8-15)13(18)12(16)11-5-3-2-4-6-11/h2-6,12H,7-10,16H2,1H3,(H,19,20)/t12-/m1/s1. The Bertz CT molecular complexity index is 493. The van der Waals surface area contributed by atoms with Gasteiger partial charge in [-0.05, 0) is 25.3 Å². The van der Waals surface area contributed by atoms with Gasteiger partial charge in [0.2, 0.25) is 5.91 Å². The minimum absolute atomic E-state index is 0.136. The van der Waals surface area contributed by atoms with E-state index < -0.39 is 17.4 Å². The van der Waals surface area contributed by atoms with Gasteiger partial charge in [-0.2, -0.15) is 0 Å². The summed E-state index contributed by atoms with van der Waals surface area (Å²) in [6.07, 6.45) is 0.936. The zero-order valence-electron chi connectivity index (χ0n) is 11.6. The molecule has 2 rings (SSSR count). The Morgan fingerprint density at radius 1 is 1.25 bits per heavy atom. The van der Waals surface area contributed by atoms with Crippen molar-refractivity contribution >= 4 is 11.9 Å². The first-order valence-corrected chi connectivity index (χ1v) is 6.77. The van der Waals surface area contributed by atoms with E-state index >= 15 is 0 Å². The summed E-state index contributed by atoms with van der Waals surface area (Å²) in [6, 6.07) is 8.55. The maximum absolute atomic E-state index is 12.3. The third-order valence-electron chi connectivity index (χ3n) is 4.12. The van der Waals surface area contributed by atoms with Crippen molar-refractivity contribution in [2.24, 2.45) is 11.1 Å². The molecule has 108 valence electrons. The lowest BCUT2D eigenvalue weighted by Gasteiger charge is -2.37. The Balaban J connectivity index is 2.00. The van der Waals surface area contributed by atoms with Crippen molar-refractivity contribution in [3.8, 4) is 0 Å². The average molecular weight is 276 g/mol. The molecule has 1 saturated heterocycles. The summed E-state index contributed by atoms with van der Waals surface area (Å²) in [5.74, 6) is -0.930. The zero-order chi connectivity index (χ0) is 14.8. The SMILES string of the molecule is CC1(C(=O)O)CCN(C(=O)[C@H](N)c2ccccc2)CC1. The Hall–Kier alpha value is -1.88. The molecule has 1 heterocycles. The Kier molecular flexibility index (Phi) is 4.09. The summed E-state index contributed by atoms with van der Waals surface area (Å²) in [5.41, 5.74) is 6.04. The van der Waals surface area contributed by atoms with Gasteiger partial charge in [-0.15, -0.1) is 0 Å². The van der Waals surface area contributed by atoms with Gasteiger partial charge in [0, 0.05) is 13.1 Å². The molecule has 20 heavy (non-hydrogen) atoms. The zero-order valence-corrected chi connectivity index (χ0v) is 11.6. The number of carboxylic acids is 1. The Morgan fingerprint density at radius 3 is 2.30 bits per heavy atom. The van der Waals surface area contributed by atoms with Crippen LogP contribution in [0.5, 0.6) is 0 Å². The molecule has 1 aromatic rings. The number of likely N-dealkylation sites (tertiary alicyclic amines) is 1. The lowest BCUT2D eigenvalue weighted by atomic mass is 9.80. The second-order valence-corrected chi connectivity index (χ2v) is 5.58. The summed E-state index contributed by atoms with van der Waals surface area (Å²) in [5, 5.41) is 9.18. The number of nitrogens with zero attached hydrogens (tertiary/aromatic N) is 1. The molecule has 0 aliphatic carbocycles. The van der Waals surface area contributed by atoms with Gasteiger partial charge in [-0.25, -0.2) is 0 Å². The van der Waals surface area contributed by atoms with Gasteiger partial charge < -0.3 is 15.7 Å². The van der Waals surface area contributed by atoms with Crippen molar-refractivity contribution in [1.82, 2.24) is 4.90 Å². The van der Waals surface area contributed by atoms with Crippen LogP contribution in [0, 0.1) is 5.41 Å². The van der Waals surface area contributed by atoms with Gasteiger partial charge in [0.15, 0.2) is 0 Å². The highest BCUT2D eigenvalue weighted by molar-refractivity contribution is 5.83. The number of aliphatic carboxylic acids is 1. The fourth-order valence-electron chi connectivity index (χ4n) is 2.43. The molecule has 5 nitrogen and oxygen atoms in total. The molecule has 0 aromatic heterocycles. The van der Waals surface area contributed by atoms with Crippen LogP contribution in [0.25, 0.3) is 0 Å². The summed E-state index contributed by atoms with van der Waals surface area (Å²) in [6.45, 7) is 2.62. The first kappa shape index (κ1) is 14.5. The second kappa shape index (κ2) is 5.63. The summed E-state index contributed by atoms with van der Waals surface area (Å²) >= 11 is 0. The summed E-state index contributed by atoms with van der Waals surface area (Å²) < 4.78 is 0. The van der Waals surface area contributed by atoms with E-state index in [-0.39, 0.29) is 5.91 Å². The minimum atomic E-state index is -0.794. The van der Waals surface area contributed by atoms with Gasteiger partial charge >= 0.3 is 5.97 Å². The monoisotopic (exact) mass is 276 g/mol. The van der Waals surface area contributed by atoms with Crippen LogP contribution in [0.2, 0.25) is 0 Å². The number of nitrogens with two attached hydrogens (primary N) is 1. The van der Waals surface area contributed by atoms with E-state index in [9.17, 15) is 14.7 Å². The third-order valence-corrected chi connectivity index (χ3v) is 4.12. The minimum Gasteiger partial charge on any atom is -0.481 e. The van der Waals surface area contributed by atoms with E-state index in [0.29, 0.717) is 25.9 Å². The number of amides is 1. The number of piperidine rings is 1. The Morgan fingerprint density at radius 2 is 1.80 bits per heavy atom. The molecule has 1 aliphatic heterocycles. The van der Waals surface area contributed by atoms with Gasteiger partial charge in [0.05, 0.1) is 5.41 Å². The lowest BCUT2D eigenvalue weighted by molar-refractivity contribution is -0.153. The van der Waals surface area contributed by atoms with Gasteiger partial charge in [-0.1, -0.05) is 30.3 Å². The molecule has 1 atom stereocenters. The van der Waals surface area contributed by atoms with E-state index in [1.807, 2.05) is 30.3 Å². The molecule has 1 aliphatic rings. The number of carbonyl (C=O) groups excluding carboxylic acids is 1. The van der Waals surface area contributed by atoms with E-state index in [1.54, 1.807) is 11.8 Å². The molecule has 0 spiro atoms. The second-order valence-electron chi connectivity index (χ2n) is 5.58. The van der Waals surface area contributed by atoms with E-state index in [1.165, 1.54) is 0 Å². The van der Waals surface area contributed by atoms with Crippen LogP contribution >= 0.6 is 0 Å². The number of carbonyl (C=O) groups is 2. The quantitative estimate of drug-likeness (QED) is 0.874. The maximum Gasteiger partial charge on any atom is 0.309 e. The molecule has 1 fully saturated rings. The van der Waals surface area contributed by atoms with Crippen LogP contribution in [-0.2, 0) is 9.59 Å². The molecular weight excluding hydrogens is 256 g/mol. The topological polar surface area (TPSA) is 83.6 Å². The number of carboxylic acid groups (broad SMARTS) is 1. The van der Waals surface area contributed by atoms with Crippen molar-refractivity contribution < 1.29 is 14.7 Å². The molecule has 1 amide bonds. The summed E-state index contributed by atoms with van der Waals surface area (Å²) in [4.78, 5) is 25.2. The molecule has 5 heteroatoms. The van der Waals surface area contributed by atoms with Crippen LogP contribution in [0.1, 0.15) is 31.4 Å². The predicted molar refractivity (Wildman–Crippen MR) is 74.9 cm³/mol. The predicted octanol–water partition coefficient (Wildman–Crippen LogP) is 1.40. The molecule has 0 saturated carbocycles. The van der Waals surface area contributed by atoms with Crippen LogP contribution < -0.4 is 5.73 Å². The number of hydrogen-bond donors (Lipinski definition) is 2. The summed E-state index contributed by atoms with van der Waals surface area (Å²) in [7, 11) is 0. The van der Waals surface area contributed by atoms with Crippen LogP contribution in [0.3, 0.4) is 0 Å². The smallest absolute Gasteiger partial charge is 0.309 e. The molecule has 0 radical (unpaired) electrons. The first-order chi connectivity index (χ1) is 9.44. The fraction of sp³-hybridized carbons (Fsp3) is 0.467. The van der Waals surface area contributed by atoms with E-state index in [0.717, 1.165) is 5.56 Å². The van der Waals surface area contributed by atoms with Crippen molar-refractivity contribution in [1.29, 1.82) is 0 Å². The third kappa shape index (κ3) is 2.82. The van der Waals surface area contributed by atoms with Crippen LogP contribution in [-0.4, -0.2) is 35.0 Å². The van der Waals surface area contributed by atoms with E-state index in [2.05, 4.69) is 0 Å². The molecule has 3 N–H and O–H groups in total. The van der Waals surface area contributed by atoms with Crippen molar-refractivity contribution in [3.05, 3.63) is 35.9 Å². The van der Waals surface area contributed by atoms with Gasteiger partial charge in [0.25, 0.3) is 0 Å². The van der Waals surface area contributed by atoms with Crippen molar-refractivity contribution in [3.63, 3.8) is 0 Å². The van der Waals surface area contributed by atoms with Gasteiger partial charge in [-0.3, -0.25) is 9.59 Å². The number of benzene rings is 1.